The van der Waals surface area contributed by atoms with Crippen molar-refractivity contribution >= 4 is 22.4 Å². The number of carbonyl (C=O) groups is 1. The minimum atomic E-state index is -0.800. The molecular weight excluding hydrogens is 264 g/mol. The molecule has 1 aromatic rings. The molecular formula is C13H20N2O3S. The van der Waals surface area contributed by atoms with Gasteiger partial charge in [-0.3, -0.25) is 4.79 Å². The maximum atomic E-state index is 10.4. The van der Waals surface area contributed by atoms with E-state index in [2.05, 4.69) is 16.8 Å². The molecule has 1 aliphatic heterocycles. The minimum Gasteiger partial charge on any atom is -0.481 e. The molecule has 0 unspecified atom stereocenters. The molecule has 0 amide bonds. The number of aromatic nitrogens is 1. The number of rotatable bonds is 5. The van der Waals surface area contributed by atoms with Crippen LogP contribution in [-0.4, -0.2) is 41.9 Å². The summed E-state index contributed by atoms with van der Waals surface area (Å²) in [5.74, 6) is -0.800. The average Bonchev–Trinajstić information content (AvgIpc) is 2.70. The van der Waals surface area contributed by atoms with Gasteiger partial charge in [0.15, 0.2) is 5.13 Å². The molecule has 1 aliphatic rings. The summed E-state index contributed by atoms with van der Waals surface area (Å²) in [4.78, 5) is 18.6. The first-order valence-corrected chi connectivity index (χ1v) is 7.40. The molecule has 0 radical (unpaired) electrons. The Hall–Kier alpha value is -1.14. The van der Waals surface area contributed by atoms with Crippen LogP contribution >= 0.6 is 11.3 Å². The van der Waals surface area contributed by atoms with Crippen molar-refractivity contribution in [3.63, 3.8) is 0 Å². The molecule has 1 N–H and O–H groups in total. The third-order valence-electron chi connectivity index (χ3n) is 3.40. The molecule has 5 nitrogen and oxygen atoms in total. The lowest BCUT2D eigenvalue weighted by molar-refractivity contribution is -0.138. The van der Waals surface area contributed by atoms with Crippen molar-refractivity contribution in [2.75, 3.05) is 24.6 Å². The average molecular weight is 284 g/mol. The van der Waals surface area contributed by atoms with E-state index in [1.165, 1.54) is 4.88 Å². The molecule has 6 heteroatoms. The fourth-order valence-electron chi connectivity index (χ4n) is 2.12. The molecule has 1 fully saturated rings. The maximum absolute atomic E-state index is 10.4. The molecule has 2 rings (SSSR count). The predicted molar refractivity (Wildman–Crippen MR) is 75.0 cm³/mol. The summed E-state index contributed by atoms with van der Waals surface area (Å²) < 4.78 is 5.58. The van der Waals surface area contributed by atoms with Gasteiger partial charge in [0.2, 0.25) is 0 Å². The van der Waals surface area contributed by atoms with Crippen LogP contribution in [0.2, 0.25) is 0 Å². The van der Waals surface area contributed by atoms with Crippen molar-refractivity contribution < 1.29 is 14.6 Å². The Kier molecular flexibility index (Phi) is 4.76. The number of carboxylic acids is 1. The molecule has 0 spiro atoms. The lowest BCUT2D eigenvalue weighted by Crippen LogP contribution is -2.37. The minimum absolute atomic E-state index is 0.0884. The number of thiazole rings is 1. The Bertz CT molecular complexity index is 420. The van der Waals surface area contributed by atoms with E-state index < -0.39 is 5.97 Å². The molecule has 1 saturated heterocycles. The quantitative estimate of drug-likeness (QED) is 0.898. The van der Waals surface area contributed by atoms with Crippen LogP contribution in [0.4, 0.5) is 5.13 Å². The number of nitrogens with zero attached hydrogens (tertiary/aromatic N) is 2. The normalized spacial score (nSPS) is 16.8. The zero-order valence-electron chi connectivity index (χ0n) is 11.4. The van der Waals surface area contributed by atoms with E-state index in [1.54, 1.807) is 11.3 Å². The molecule has 1 aromatic heterocycles. The number of aryl methyl sites for hydroxylation is 2. The van der Waals surface area contributed by atoms with Crippen molar-refractivity contribution in [1.82, 2.24) is 4.98 Å². The van der Waals surface area contributed by atoms with Crippen LogP contribution in [0.1, 0.15) is 29.8 Å². The highest BCUT2D eigenvalue weighted by Gasteiger charge is 2.22. The van der Waals surface area contributed by atoms with Gasteiger partial charge in [-0.15, -0.1) is 11.3 Å². The van der Waals surface area contributed by atoms with Gasteiger partial charge in [0.05, 0.1) is 24.8 Å². The van der Waals surface area contributed by atoms with E-state index in [-0.39, 0.29) is 12.5 Å². The summed E-state index contributed by atoms with van der Waals surface area (Å²) in [7, 11) is 0. The van der Waals surface area contributed by atoms with Crippen LogP contribution in [0.3, 0.4) is 0 Å². The van der Waals surface area contributed by atoms with Gasteiger partial charge in [0, 0.05) is 18.0 Å². The van der Waals surface area contributed by atoms with Crippen LogP contribution in [0, 0.1) is 13.8 Å². The fourth-order valence-corrected chi connectivity index (χ4v) is 3.08. The number of aliphatic carboxylic acids is 1. The van der Waals surface area contributed by atoms with Crippen molar-refractivity contribution in [1.29, 1.82) is 0 Å². The molecule has 0 atom stereocenters. The van der Waals surface area contributed by atoms with Crippen LogP contribution in [-0.2, 0) is 9.53 Å². The van der Waals surface area contributed by atoms with E-state index in [1.807, 2.05) is 6.92 Å². The van der Waals surface area contributed by atoms with Crippen LogP contribution < -0.4 is 4.90 Å². The highest BCUT2D eigenvalue weighted by atomic mass is 32.1. The molecule has 0 aliphatic carbocycles. The highest BCUT2D eigenvalue weighted by Crippen LogP contribution is 2.28. The summed E-state index contributed by atoms with van der Waals surface area (Å²) in [5, 5.41) is 9.66. The Labute approximate surface area is 117 Å². The Morgan fingerprint density at radius 2 is 2.16 bits per heavy atom. The molecule has 2 heterocycles. The van der Waals surface area contributed by atoms with Gasteiger partial charge in [-0.1, -0.05) is 0 Å². The zero-order chi connectivity index (χ0) is 13.8. The lowest BCUT2D eigenvalue weighted by Gasteiger charge is -2.31. The van der Waals surface area contributed by atoms with E-state index in [9.17, 15) is 4.79 Å². The highest BCUT2D eigenvalue weighted by molar-refractivity contribution is 7.15. The lowest BCUT2D eigenvalue weighted by atomic mass is 10.1. The second kappa shape index (κ2) is 6.34. The number of piperidine rings is 1. The van der Waals surface area contributed by atoms with E-state index in [0.717, 1.165) is 36.8 Å². The largest absolute Gasteiger partial charge is 0.481 e. The topological polar surface area (TPSA) is 62.7 Å². The smallest absolute Gasteiger partial charge is 0.305 e. The second-order valence-electron chi connectivity index (χ2n) is 4.84. The SMILES string of the molecule is Cc1nc(N2CCC(OCCC(=O)O)CC2)sc1C. The standard InChI is InChI=1S/C13H20N2O3S/c1-9-10(2)19-13(14-9)15-6-3-11(4-7-15)18-8-5-12(16)17/h11H,3-8H2,1-2H3,(H,16,17). The first kappa shape index (κ1) is 14.3. The summed E-state index contributed by atoms with van der Waals surface area (Å²) in [6, 6.07) is 0. The Balaban J connectivity index is 1.77. The van der Waals surface area contributed by atoms with Gasteiger partial charge in [-0.05, 0) is 26.7 Å². The summed E-state index contributed by atoms with van der Waals surface area (Å²) in [6.07, 6.45) is 2.16. The van der Waals surface area contributed by atoms with Crippen LogP contribution in [0.15, 0.2) is 0 Å². The number of hydrogen-bond donors (Lipinski definition) is 1. The number of hydrogen-bond acceptors (Lipinski definition) is 5. The third kappa shape index (κ3) is 3.91. The van der Waals surface area contributed by atoms with Crippen molar-refractivity contribution in [2.45, 2.75) is 39.2 Å². The summed E-state index contributed by atoms with van der Waals surface area (Å²) >= 11 is 1.74. The number of carboxylic acid groups (broad SMARTS) is 1. The van der Waals surface area contributed by atoms with Crippen molar-refractivity contribution in [2.24, 2.45) is 0 Å². The second-order valence-corrected chi connectivity index (χ2v) is 6.02. The molecule has 0 aromatic carbocycles. The first-order chi connectivity index (χ1) is 9.06. The van der Waals surface area contributed by atoms with Crippen molar-refractivity contribution in [3.8, 4) is 0 Å². The van der Waals surface area contributed by atoms with E-state index in [0.29, 0.717) is 6.61 Å². The van der Waals surface area contributed by atoms with Gasteiger partial charge in [0.1, 0.15) is 0 Å². The predicted octanol–water partition coefficient (Wildman–Crippen LogP) is 2.22. The van der Waals surface area contributed by atoms with Gasteiger partial charge >= 0.3 is 5.97 Å². The van der Waals surface area contributed by atoms with E-state index in [4.69, 9.17) is 9.84 Å². The van der Waals surface area contributed by atoms with Crippen LogP contribution in [0.5, 0.6) is 0 Å². The van der Waals surface area contributed by atoms with Gasteiger partial charge in [-0.25, -0.2) is 4.98 Å². The zero-order valence-corrected chi connectivity index (χ0v) is 12.2. The molecule has 0 saturated carbocycles. The monoisotopic (exact) mass is 284 g/mol. The van der Waals surface area contributed by atoms with E-state index >= 15 is 0 Å². The Morgan fingerprint density at radius 1 is 1.47 bits per heavy atom. The molecule has 106 valence electrons. The Morgan fingerprint density at radius 3 is 2.68 bits per heavy atom. The summed E-state index contributed by atoms with van der Waals surface area (Å²) in [6.45, 7) is 6.32. The number of ether oxygens (including phenoxy) is 1. The third-order valence-corrected chi connectivity index (χ3v) is 4.53. The summed E-state index contributed by atoms with van der Waals surface area (Å²) in [5.41, 5.74) is 1.11. The van der Waals surface area contributed by atoms with Gasteiger partial charge < -0.3 is 14.7 Å². The van der Waals surface area contributed by atoms with Crippen molar-refractivity contribution in [3.05, 3.63) is 10.6 Å². The molecule has 0 bridgehead atoms. The van der Waals surface area contributed by atoms with Gasteiger partial charge in [-0.2, -0.15) is 0 Å². The first-order valence-electron chi connectivity index (χ1n) is 6.58. The number of anilines is 1. The fraction of sp³-hybridized carbons (Fsp3) is 0.692. The molecule has 19 heavy (non-hydrogen) atoms. The maximum Gasteiger partial charge on any atom is 0.305 e. The van der Waals surface area contributed by atoms with Gasteiger partial charge in [0.25, 0.3) is 0 Å². The van der Waals surface area contributed by atoms with Crippen LogP contribution in [0.25, 0.3) is 0 Å².